The molecule has 0 radical (unpaired) electrons. The van der Waals surface area contributed by atoms with Gasteiger partial charge in [0.2, 0.25) is 5.91 Å². The zero-order valence-corrected chi connectivity index (χ0v) is 17.3. The number of halogens is 2. The van der Waals surface area contributed by atoms with E-state index in [0.717, 1.165) is 5.56 Å². The summed E-state index contributed by atoms with van der Waals surface area (Å²) in [5.74, 6) is 0.316. The van der Waals surface area contributed by atoms with E-state index in [1.165, 1.54) is 19.1 Å². The van der Waals surface area contributed by atoms with Gasteiger partial charge in [-0.25, -0.2) is 0 Å². The Labute approximate surface area is 178 Å². The summed E-state index contributed by atoms with van der Waals surface area (Å²) in [6.07, 6.45) is 0. The van der Waals surface area contributed by atoms with Gasteiger partial charge in [0.15, 0.2) is 5.76 Å². The predicted octanol–water partition coefficient (Wildman–Crippen LogP) is 4.97. The molecule has 3 aromatic rings. The molecule has 29 heavy (non-hydrogen) atoms. The summed E-state index contributed by atoms with van der Waals surface area (Å²) in [4.78, 5) is 26.2. The highest BCUT2D eigenvalue weighted by Crippen LogP contribution is 2.28. The van der Waals surface area contributed by atoms with Gasteiger partial charge in [-0.05, 0) is 54.6 Å². The number of hydrogen-bond acceptors (Lipinski definition) is 4. The Hall–Kier alpha value is -2.96. The minimum Gasteiger partial charge on any atom is -0.495 e. The molecule has 2 amide bonds. The number of benzene rings is 2. The normalized spacial score (nSPS) is 10.5. The number of anilines is 1. The van der Waals surface area contributed by atoms with Gasteiger partial charge >= 0.3 is 0 Å². The summed E-state index contributed by atoms with van der Waals surface area (Å²) in [6.45, 7) is -0.175. The highest BCUT2D eigenvalue weighted by atomic mass is 35.5. The van der Waals surface area contributed by atoms with Gasteiger partial charge in [0.1, 0.15) is 11.5 Å². The minimum atomic E-state index is -0.418. The average molecular weight is 433 g/mol. The van der Waals surface area contributed by atoms with Crippen LogP contribution < -0.4 is 10.1 Å². The molecular weight excluding hydrogens is 415 g/mol. The summed E-state index contributed by atoms with van der Waals surface area (Å²) < 4.78 is 10.8. The summed E-state index contributed by atoms with van der Waals surface area (Å²) in [5.41, 5.74) is 1.22. The molecule has 0 aliphatic rings. The SMILES string of the molecule is COc1ccc(Cl)cc1NC(=O)CN(C)C(=O)c1ccc(-c2ccc(Cl)cc2)o1. The smallest absolute Gasteiger partial charge is 0.289 e. The molecule has 3 rings (SSSR count). The molecule has 1 N–H and O–H groups in total. The molecule has 6 nitrogen and oxygen atoms in total. The second-order valence-corrected chi connectivity index (χ2v) is 7.10. The summed E-state index contributed by atoms with van der Waals surface area (Å²) in [5, 5.41) is 3.75. The quantitative estimate of drug-likeness (QED) is 0.596. The number of rotatable bonds is 6. The fourth-order valence-electron chi connectivity index (χ4n) is 2.67. The van der Waals surface area contributed by atoms with Gasteiger partial charge in [0, 0.05) is 22.7 Å². The van der Waals surface area contributed by atoms with E-state index in [0.29, 0.717) is 27.2 Å². The molecule has 1 aromatic heterocycles. The summed E-state index contributed by atoms with van der Waals surface area (Å²) >= 11 is 11.8. The number of carbonyl (C=O) groups is 2. The maximum atomic E-state index is 12.6. The first kappa shape index (κ1) is 20.8. The van der Waals surface area contributed by atoms with Crippen molar-refractivity contribution in [3.05, 3.63) is 70.4 Å². The highest BCUT2D eigenvalue weighted by molar-refractivity contribution is 6.31. The average Bonchev–Trinajstić information content (AvgIpc) is 3.18. The van der Waals surface area contributed by atoms with Crippen LogP contribution in [0.1, 0.15) is 10.6 Å². The van der Waals surface area contributed by atoms with Gasteiger partial charge in [-0.1, -0.05) is 23.2 Å². The van der Waals surface area contributed by atoms with E-state index in [9.17, 15) is 9.59 Å². The lowest BCUT2D eigenvalue weighted by Crippen LogP contribution is -2.34. The number of likely N-dealkylation sites (N-methyl/N-ethyl adjacent to an activating group) is 1. The van der Waals surface area contributed by atoms with Gasteiger partial charge in [-0.3, -0.25) is 9.59 Å². The van der Waals surface area contributed by atoms with Gasteiger partial charge in [-0.15, -0.1) is 0 Å². The lowest BCUT2D eigenvalue weighted by molar-refractivity contribution is -0.116. The third-order valence-corrected chi connectivity index (χ3v) is 4.60. The van der Waals surface area contributed by atoms with Crippen molar-refractivity contribution < 1.29 is 18.7 Å². The Balaban J connectivity index is 1.65. The number of amides is 2. The fraction of sp³-hybridized carbons (Fsp3) is 0.143. The van der Waals surface area contributed by atoms with Crippen LogP contribution in [0.15, 0.2) is 59.0 Å². The molecule has 0 saturated heterocycles. The lowest BCUT2D eigenvalue weighted by atomic mass is 10.2. The number of methoxy groups -OCH3 is 1. The molecule has 8 heteroatoms. The topological polar surface area (TPSA) is 71.8 Å². The molecule has 0 bridgehead atoms. The predicted molar refractivity (Wildman–Crippen MR) is 113 cm³/mol. The van der Waals surface area contributed by atoms with Crippen LogP contribution in [0.2, 0.25) is 10.0 Å². The number of furan rings is 1. The van der Waals surface area contributed by atoms with Gasteiger partial charge in [0.25, 0.3) is 5.91 Å². The molecule has 0 aliphatic heterocycles. The van der Waals surface area contributed by atoms with Gasteiger partial charge < -0.3 is 19.4 Å². The van der Waals surface area contributed by atoms with Crippen LogP contribution in [-0.2, 0) is 4.79 Å². The molecule has 0 unspecified atom stereocenters. The standard InChI is InChI=1S/C21H18Cl2N2O4/c1-25(12-20(26)24-16-11-15(23)7-8-18(16)28-2)21(27)19-10-9-17(29-19)13-3-5-14(22)6-4-13/h3-11H,12H2,1-2H3,(H,24,26). The number of hydrogen-bond donors (Lipinski definition) is 1. The van der Waals surface area contributed by atoms with Crippen LogP contribution in [0, 0.1) is 0 Å². The second kappa shape index (κ2) is 9.03. The number of nitrogens with zero attached hydrogens (tertiary/aromatic N) is 1. The zero-order valence-electron chi connectivity index (χ0n) is 15.7. The Morgan fingerprint density at radius 2 is 1.72 bits per heavy atom. The van der Waals surface area contributed by atoms with E-state index < -0.39 is 11.8 Å². The van der Waals surface area contributed by atoms with E-state index in [-0.39, 0.29) is 12.3 Å². The molecule has 0 spiro atoms. The van der Waals surface area contributed by atoms with Gasteiger partial charge in [0.05, 0.1) is 19.3 Å². The van der Waals surface area contributed by atoms with Crippen molar-refractivity contribution in [2.24, 2.45) is 0 Å². The minimum absolute atomic E-state index is 0.130. The van der Waals surface area contributed by atoms with Crippen LogP contribution in [0.3, 0.4) is 0 Å². The Morgan fingerprint density at radius 1 is 1.03 bits per heavy atom. The van der Waals surface area contributed by atoms with Crippen LogP contribution in [0.4, 0.5) is 5.69 Å². The first-order chi connectivity index (χ1) is 13.9. The third-order valence-electron chi connectivity index (χ3n) is 4.11. The molecule has 0 aliphatic carbocycles. The van der Waals surface area contributed by atoms with E-state index >= 15 is 0 Å². The van der Waals surface area contributed by atoms with E-state index in [1.807, 2.05) is 0 Å². The Kier molecular flexibility index (Phi) is 6.46. The van der Waals surface area contributed by atoms with Crippen molar-refractivity contribution in [1.29, 1.82) is 0 Å². The second-order valence-electron chi connectivity index (χ2n) is 6.22. The Morgan fingerprint density at radius 3 is 2.41 bits per heavy atom. The molecule has 0 atom stereocenters. The first-order valence-corrected chi connectivity index (χ1v) is 9.37. The molecule has 150 valence electrons. The van der Waals surface area contributed by atoms with Crippen LogP contribution >= 0.6 is 23.2 Å². The zero-order chi connectivity index (χ0) is 21.0. The summed E-state index contributed by atoms with van der Waals surface area (Å²) in [6, 6.07) is 15.2. The third kappa shape index (κ3) is 5.10. The first-order valence-electron chi connectivity index (χ1n) is 8.62. The van der Waals surface area contributed by atoms with Crippen molar-refractivity contribution in [1.82, 2.24) is 4.90 Å². The van der Waals surface area contributed by atoms with Crippen LogP contribution in [0.5, 0.6) is 5.75 Å². The van der Waals surface area contributed by atoms with E-state index in [2.05, 4.69) is 5.32 Å². The van der Waals surface area contributed by atoms with E-state index in [4.69, 9.17) is 32.4 Å². The van der Waals surface area contributed by atoms with Crippen molar-refractivity contribution in [3.8, 4) is 17.1 Å². The summed E-state index contributed by atoms with van der Waals surface area (Å²) in [7, 11) is 3.01. The fourth-order valence-corrected chi connectivity index (χ4v) is 2.96. The van der Waals surface area contributed by atoms with Crippen molar-refractivity contribution >= 4 is 40.7 Å². The maximum absolute atomic E-state index is 12.6. The molecule has 2 aromatic carbocycles. The van der Waals surface area contributed by atoms with Crippen LogP contribution in [-0.4, -0.2) is 37.4 Å². The van der Waals surface area contributed by atoms with Crippen molar-refractivity contribution in [3.63, 3.8) is 0 Å². The van der Waals surface area contributed by atoms with Crippen molar-refractivity contribution in [2.75, 3.05) is 26.0 Å². The van der Waals surface area contributed by atoms with E-state index in [1.54, 1.807) is 54.6 Å². The number of nitrogens with one attached hydrogen (secondary N) is 1. The number of carbonyl (C=O) groups excluding carboxylic acids is 2. The monoisotopic (exact) mass is 432 g/mol. The number of ether oxygens (including phenoxy) is 1. The molecule has 1 heterocycles. The highest BCUT2D eigenvalue weighted by Gasteiger charge is 2.19. The van der Waals surface area contributed by atoms with Crippen molar-refractivity contribution in [2.45, 2.75) is 0 Å². The Bertz CT molecular complexity index is 1030. The molecular formula is C21H18Cl2N2O4. The maximum Gasteiger partial charge on any atom is 0.289 e. The molecule has 0 saturated carbocycles. The molecule has 0 fully saturated rings. The largest absolute Gasteiger partial charge is 0.495 e. The van der Waals surface area contributed by atoms with Gasteiger partial charge in [-0.2, -0.15) is 0 Å². The van der Waals surface area contributed by atoms with Crippen LogP contribution in [0.25, 0.3) is 11.3 Å². The lowest BCUT2D eigenvalue weighted by Gasteiger charge is -2.16.